The van der Waals surface area contributed by atoms with Gasteiger partial charge in [-0.15, -0.1) is 0 Å². The van der Waals surface area contributed by atoms with E-state index >= 15 is 0 Å². The van der Waals surface area contributed by atoms with E-state index in [2.05, 4.69) is 16.9 Å². The molecular weight excluding hydrogens is 342 g/mol. The van der Waals surface area contributed by atoms with Gasteiger partial charge < -0.3 is 14.6 Å². The molecule has 0 saturated heterocycles. The van der Waals surface area contributed by atoms with Crippen LogP contribution in [0.1, 0.15) is 16.1 Å². The standard InChI is InChI=1S/C21H19N3O3/c1-3-19(25)24(2)17-11-9-15(10-12-17)20(26)22-13-18-14-23-21(27-18)16-7-5-4-6-8-16/h3-12,14H,1,13H2,2H3,(H,22,26). The van der Waals surface area contributed by atoms with Gasteiger partial charge in [0.1, 0.15) is 5.76 Å². The lowest BCUT2D eigenvalue weighted by Gasteiger charge is -2.15. The number of benzene rings is 2. The summed E-state index contributed by atoms with van der Waals surface area (Å²) in [6.07, 6.45) is 2.84. The molecule has 3 aromatic rings. The molecule has 1 N–H and O–H groups in total. The first-order chi connectivity index (χ1) is 13.1. The second-order valence-electron chi connectivity index (χ2n) is 5.83. The molecule has 1 heterocycles. The van der Waals surface area contributed by atoms with Crippen LogP contribution in [0.15, 0.2) is 77.9 Å². The molecule has 0 unspecified atom stereocenters. The van der Waals surface area contributed by atoms with E-state index in [-0.39, 0.29) is 18.4 Å². The Morgan fingerprint density at radius 2 is 1.85 bits per heavy atom. The molecule has 0 radical (unpaired) electrons. The van der Waals surface area contributed by atoms with Gasteiger partial charge in [0.25, 0.3) is 5.91 Å². The molecule has 0 aliphatic heterocycles. The average Bonchev–Trinajstić information content (AvgIpc) is 3.20. The molecule has 6 nitrogen and oxygen atoms in total. The van der Waals surface area contributed by atoms with Gasteiger partial charge in [-0.25, -0.2) is 4.98 Å². The Hall–Kier alpha value is -3.67. The Kier molecular flexibility index (Phi) is 5.47. The number of hydrogen-bond donors (Lipinski definition) is 1. The van der Waals surface area contributed by atoms with Crippen LogP contribution in [-0.2, 0) is 11.3 Å². The third-order valence-electron chi connectivity index (χ3n) is 4.02. The second-order valence-corrected chi connectivity index (χ2v) is 5.83. The number of aromatic nitrogens is 1. The Morgan fingerprint density at radius 1 is 1.15 bits per heavy atom. The summed E-state index contributed by atoms with van der Waals surface area (Å²) in [5.41, 5.74) is 2.05. The van der Waals surface area contributed by atoms with Gasteiger partial charge in [0.05, 0.1) is 12.7 Å². The highest BCUT2D eigenvalue weighted by Gasteiger charge is 2.11. The molecule has 3 rings (SSSR count). The number of nitrogens with one attached hydrogen (secondary N) is 1. The quantitative estimate of drug-likeness (QED) is 0.683. The molecule has 0 bridgehead atoms. The summed E-state index contributed by atoms with van der Waals surface area (Å²) >= 11 is 0. The summed E-state index contributed by atoms with van der Waals surface area (Å²) in [6, 6.07) is 16.3. The fourth-order valence-corrected chi connectivity index (χ4v) is 2.47. The smallest absolute Gasteiger partial charge is 0.251 e. The Morgan fingerprint density at radius 3 is 2.52 bits per heavy atom. The predicted octanol–water partition coefficient (Wildman–Crippen LogP) is 3.42. The van der Waals surface area contributed by atoms with Gasteiger partial charge in [0, 0.05) is 23.9 Å². The van der Waals surface area contributed by atoms with E-state index in [1.54, 1.807) is 37.5 Å². The second kappa shape index (κ2) is 8.14. The zero-order valence-corrected chi connectivity index (χ0v) is 14.9. The van der Waals surface area contributed by atoms with Crippen molar-refractivity contribution in [2.75, 3.05) is 11.9 Å². The van der Waals surface area contributed by atoms with Gasteiger partial charge in [-0.2, -0.15) is 0 Å². The van der Waals surface area contributed by atoms with Crippen molar-refractivity contribution in [3.05, 3.63) is 84.8 Å². The van der Waals surface area contributed by atoms with Crippen LogP contribution in [-0.4, -0.2) is 23.8 Å². The maximum Gasteiger partial charge on any atom is 0.251 e. The van der Waals surface area contributed by atoms with Crippen molar-refractivity contribution in [1.29, 1.82) is 0 Å². The minimum Gasteiger partial charge on any atom is -0.439 e. The molecule has 136 valence electrons. The predicted molar refractivity (Wildman–Crippen MR) is 103 cm³/mol. The number of rotatable bonds is 6. The van der Waals surface area contributed by atoms with Crippen LogP contribution < -0.4 is 10.2 Å². The molecule has 2 amide bonds. The third-order valence-corrected chi connectivity index (χ3v) is 4.02. The minimum absolute atomic E-state index is 0.216. The van der Waals surface area contributed by atoms with E-state index in [9.17, 15) is 9.59 Å². The summed E-state index contributed by atoms with van der Waals surface area (Å²) in [5, 5.41) is 2.79. The molecule has 0 fully saturated rings. The summed E-state index contributed by atoms with van der Waals surface area (Å²) < 4.78 is 5.67. The van der Waals surface area contributed by atoms with Gasteiger partial charge in [-0.1, -0.05) is 24.8 Å². The number of hydrogen-bond acceptors (Lipinski definition) is 4. The van der Waals surface area contributed by atoms with E-state index in [0.29, 0.717) is 22.9 Å². The first kappa shape index (κ1) is 18.1. The van der Waals surface area contributed by atoms with E-state index in [0.717, 1.165) is 5.56 Å². The molecule has 0 aliphatic rings. The summed E-state index contributed by atoms with van der Waals surface area (Å²) in [6.45, 7) is 3.69. The van der Waals surface area contributed by atoms with E-state index in [1.165, 1.54) is 11.0 Å². The maximum absolute atomic E-state index is 12.3. The highest BCUT2D eigenvalue weighted by molar-refractivity contribution is 6.01. The number of carbonyl (C=O) groups excluding carboxylic acids is 2. The molecule has 27 heavy (non-hydrogen) atoms. The van der Waals surface area contributed by atoms with Crippen molar-refractivity contribution in [2.24, 2.45) is 0 Å². The lowest BCUT2D eigenvalue weighted by molar-refractivity contribution is -0.113. The zero-order valence-electron chi connectivity index (χ0n) is 14.9. The summed E-state index contributed by atoms with van der Waals surface area (Å²) in [5.74, 6) is 0.623. The highest BCUT2D eigenvalue weighted by atomic mass is 16.4. The topological polar surface area (TPSA) is 75.4 Å². The molecular formula is C21H19N3O3. The van der Waals surface area contributed by atoms with Crippen LogP contribution in [0.2, 0.25) is 0 Å². The van der Waals surface area contributed by atoms with E-state index < -0.39 is 0 Å². The molecule has 0 atom stereocenters. The number of likely N-dealkylation sites (N-methyl/N-ethyl adjacent to an activating group) is 1. The Labute approximate surface area is 157 Å². The normalized spacial score (nSPS) is 10.3. The van der Waals surface area contributed by atoms with Crippen molar-refractivity contribution in [1.82, 2.24) is 10.3 Å². The van der Waals surface area contributed by atoms with Gasteiger partial charge in [-0.3, -0.25) is 9.59 Å². The van der Waals surface area contributed by atoms with Crippen molar-refractivity contribution in [3.8, 4) is 11.5 Å². The van der Waals surface area contributed by atoms with Crippen LogP contribution in [0, 0.1) is 0 Å². The summed E-state index contributed by atoms with van der Waals surface area (Å²) in [4.78, 5) is 29.6. The van der Waals surface area contributed by atoms with Crippen LogP contribution >= 0.6 is 0 Å². The maximum atomic E-state index is 12.3. The largest absolute Gasteiger partial charge is 0.439 e. The molecule has 0 saturated carbocycles. The van der Waals surface area contributed by atoms with E-state index in [1.807, 2.05) is 30.3 Å². The van der Waals surface area contributed by atoms with Gasteiger partial charge in [0.2, 0.25) is 11.8 Å². The number of amides is 2. The minimum atomic E-state index is -0.239. The van der Waals surface area contributed by atoms with Crippen LogP contribution in [0.4, 0.5) is 5.69 Å². The first-order valence-electron chi connectivity index (χ1n) is 8.37. The first-order valence-corrected chi connectivity index (χ1v) is 8.37. The van der Waals surface area contributed by atoms with Crippen molar-refractivity contribution in [2.45, 2.75) is 6.54 Å². The molecule has 0 spiro atoms. The molecule has 0 aliphatic carbocycles. The van der Waals surface area contributed by atoms with Crippen molar-refractivity contribution >= 4 is 17.5 Å². The number of oxazole rings is 1. The SMILES string of the molecule is C=CC(=O)N(C)c1ccc(C(=O)NCc2cnc(-c3ccccc3)o2)cc1. The average molecular weight is 361 g/mol. The third kappa shape index (κ3) is 4.30. The van der Waals surface area contributed by atoms with Gasteiger partial charge in [-0.05, 0) is 42.5 Å². The highest BCUT2D eigenvalue weighted by Crippen LogP contribution is 2.18. The fraction of sp³-hybridized carbons (Fsp3) is 0.0952. The van der Waals surface area contributed by atoms with Crippen LogP contribution in [0.5, 0.6) is 0 Å². The van der Waals surface area contributed by atoms with Crippen molar-refractivity contribution < 1.29 is 14.0 Å². The van der Waals surface area contributed by atoms with Crippen LogP contribution in [0.25, 0.3) is 11.5 Å². The van der Waals surface area contributed by atoms with Gasteiger partial charge >= 0.3 is 0 Å². The molecule has 2 aromatic carbocycles. The van der Waals surface area contributed by atoms with Crippen LogP contribution in [0.3, 0.4) is 0 Å². The number of nitrogens with zero attached hydrogens (tertiary/aromatic N) is 2. The van der Waals surface area contributed by atoms with Crippen molar-refractivity contribution in [3.63, 3.8) is 0 Å². The molecule has 6 heteroatoms. The van der Waals surface area contributed by atoms with E-state index in [4.69, 9.17) is 4.42 Å². The number of anilines is 1. The lowest BCUT2D eigenvalue weighted by atomic mass is 10.2. The zero-order chi connectivity index (χ0) is 19.2. The monoisotopic (exact) mass is 361 g/mol. The Bertz CT molecular complexity index is 946. The summed E-state index contributed by atoms with van der Waals surface area (Å²) in [7, 11) is 1.65. The van der Waals surface area contributed by atoms with Gasteiger partial charge in [0.15, 0.2) is 0 Å². The fourth-order valence-electron chi connectivity index (χ4n) is 2.47. The Balaban J connectivity index is 1.60. The lowest BCUT2D eigenvalue weighted by Crippen LogP contribution is -2.24. The molecule has 1 aromatic heterocycles. The number of carbonyl (C=O) groups is 2.